The third-order valence-corrected chi connectivity index (χ3v) is 4.49. The lowest BCUT2D eigenvalue weighted by Gasteiger charge is -2.35. The number of nitrogens with one attached hydrogen (secondary N) is 1. The van der Waals surface area contributed by atoms with E-state index in [1.807, 2.05) is 0 Å². The van der Waals surface area contributed by atoms with Gasteiger partial charge in [-0.15, -0.1) is 24.5 Å². The molecule has 2 heterocycles. The number of amides is 2. The quantitative estimate of drug-likeness (QED) is 0.904. The molecule has 9 heteroatoms. The number of nitrogens with zero attached hydrogens (tertiary/aromatic N) is 1. The summed E-state index contributed by atoms with van der Waals surface area (Å²) in [5, 5.41) is 4.43. The molecular formula is C16H13F3N2O3S. The second-order valence-electron chi connectivity index (χ2n) is 5.29. The van der Waals surface area contributed by atoms with E-state index in [1.165, 1.54) is 28.4 Å². The molecule has 3 rings (SSSR count). The van der Waals surface area contributed by atoms with Crippen LogP contribution in [0, 0.1) is 0 Å². The molecule has 0 spiro atoms. The van der Waals surface area contributed by atoms with Gasteiger partial charge in [0.2, 0.25) is 5.91 Å². The van der Waals surface area contributed by atoms with E-state index >= 15 is 0 Å². The van der Waals surface area contributed by atoms with Crippen molar-refractivity contribution in [2.45, 2.75) is 12.4 Å². The van der Waals surface area contributed by atoms with Crippen LogP contribution in [0.1, 0.15) is 21.3 Å². The van der Waals surface area contributed by atoms with Gasteiger partial charge in [-0.25, -0.2) is 0 Å². The lowest BCUT2D eigenvalue weighted by molar-refractivity contribution is -0.274. The number of thiophene rings is 1. The summed E-state index contributed by atoms with van der Waals surface area (Å²) in [5.41, 5.74) is 0.414. The minimum Gasteiger partial charge on any atom is -0.406 e. The molecule has 2 aromatic rings. The molecule has 1 saturated heterocycles. The van der Waals surface area contributed by atoms with Crippen molar-refractivity contribution in [1.29, 1.82) is 0 Å². The van der Waals surface area contributed by atoms with Gasteiger partial charge in [-0.2, -0.15) is 0 Å². The summed E-state index contributed by atoms with van der Waals surface area (Å²) in [6.07, 6.45) is -4.79. The number of ether oxygens (including phenoxy) is 1. The van der Waals surface area contributed by atoms with Crippen LogP contribution in [0.3, 0.4) is 0 Å². The number of carbonyl (C=O) groups excluding carboxylic acids is 2. The molecule has 1 N–H and O–H groups in total. The van der Waals surface area contributed by atoms with Gasteiger partial charge in [0.05, 0.1) is 4.88 Å². The Bertz CT molecular complexity index is 760. The Hall–Kier alpha value is -2.55. The highest BCUT2D eigenvalue weighted by Crippen LogP contribution is 2.29. The summed E-state index contributed by atoms with van der Waals surface area (Å²) in [7, 11) is 0. The van der Waals surface area contributed by atoms with E-state index in [4.69, 9.17) is 0 Å². The number of rotatable bonds is 3. The molecule has 1 fully saturated rings. The topological polar surface area (TPSA) is 58.6 Å². The van der Waals surface area contributed by atoms with Crippen LogP contribution in [0.2, 0.25) is 0 Å². The van der Waals surface area contributed by atoms with Crippen LogP contribution >= 0.6 is 11.3 Å². The fraction of sp³-hybridized carbons (Fsp3) is 0.250. The lowest BCUT2D eigenvalue weighted by Crippen LogP contribution is -2.52. The SMILES string of the molecule is O=C1NCCN(C(=O)c2cccs2)[C@@H]1c1ccc(OC(F)(F)F)cc1. The lowest BCUT2D eigenvalue weighted by atomic mass is 10.0. The van der Waals surface area contributed by atoms with Gasteiger partial charge in [-0.1, -0.05) is 18.2 Å². The normalized spacial score (nSPS) is 18.0. The minimum atomic E-state index is -4.79. The first-order chi connectivity index (χ1) is 11.8. The number of benzene rings is 1. The fourth-order valence-electron chi connectivity index (χ4n) is 2.61. The van der Waals surface area contributed by atoms with Crippen molar-refractivity contribution in [3.63, 3.8) is 0 Å². The zero-order valence-electron chi connectivity index (χ0n) is 12.7. The fourth-order valence-corrected chi connectivity index (χ4v) is 3.29. The van der Waals surface area contributed by atoms with Crippen LogP contribution in [0.15, 0.2) is 41.8 Å². The van der Waals surface area contributed by atoms with Crippen molar-refractivity contribution in [2.24, 2.45) is 0 Å². The maximum atomic E-state index is 12.6. The van der Waals surface area contributed by atoms with Crippen molar-refractivity contribution in [2.75, 3.05) is 13.1 Å². The maximum absolute atomic E-state index is 12.6. The van der Waals surface area contributed by atoms with E-state index in [1.54, 1.807) is 17.5 Å². The van der Waals surface area contributed by atoms with E-state index in [0.717, 1.165) is 12.1 Å². The summed E-state index contributed by atoms with van der Waals surface area (Å²) < 4.78 is 40.6. The Balaban J connectivity index is 1.86. The molecule has 1 aromatic heterocycles. The molecule has 0 saturated carbocycles. The van der Waals surface area contributed by atoms with E-state index in [9.17, 15) is 22.8 Å². The van der Waals surface area contributed by atoms with E-state index in [-0.39, 0.29) is 17.6 Å². The predicted molar refractivity (Wildman–Crippen MR) is 84.2 cm³/mol. The predicted octanol–water partition coefficient (Wildman–Crippen LogP) is 2.96. The number of halogens is 3. The zero-order chi connectivity index (χ0) is 18.0. The van der Waals surface area contributed by atoms with Crippen molar-refractivity contribution in [3.8, 4) is 5.75 Å². The highest BCUT2D eigenvalue weighted by molar-refractivity contribution is 7.12. The van der Waals surface area contributed by atoms with Crippen LogP contribution in [0.4, 0.5) is 13.2 Å². The van der Waals surface area contributed by atoms with Crippen molar-refractivity contribution < 1.29 is 27.5 Å². The molecule has 1 aliphatic heterocycles. The molecule has 1 aliphatic rings. The van der Waals surface area contributed by atoms with Gasteiger partial charge in [0.15, 0.2) is 0 Å². The monoisotopic (exact) mass is 370 g/mol. The summed E-state index contributed by atoms with van der Waals surface area (Å²) >= 11 is 1.26. The van der Waals surface area contributed by atoms with Crippen molar-refractivity contribution in [1.82, 2.24) is 10.2 Å². The van der Waals surface area contributed by atoms with Gasteiger partial charge in [0, 0.05) is 13.1 Å². The first kappa shape index (κ1) is 17.3. The molecular weight excluding hydrogens is 357 g/mol. The molecule has 1 atom stereocenters. The number of hydrogen-bond acceptors (Lipinski definition) is 4. The Kier molecular flexibility index (Phi) is 4.67. The molecule has 0 unspecified atom stereocenters. The molecule has 25 heavy (non-hydrogen) atoms. The average Bonchev–Trinajstić information content (AvgIpc) is 3.08. The third-order valence-electron chi connectivity index (χ3n) is 3.63. The standard InChI is InChI=1S/C16H13F3N2O3S/c17-16(18,19)24-11-5-3-10(4-6-11)13-14(22)20-7-8-21(13)15(23)12-2-1-9-25-12/h1-6,9,13H,7-8H2,(H,20,22)/t13-/m1/s1. The van der Waals surface area contributed by atoms with Gasteiger partial charge in [0.1, 0.15) is 11.8 Å². The van der Waals surface area contributed by atoms with Crippen molar-refractivity contribution >= 4 is 23.2 Å². The molecule has 5 nitrogen and oxygen atoms in total. The molecule has 1 aromatic carbocycles. The van der Waals surface area contributed by atoms with Gasteiger partial charge >= 0.3 is 6.36 Å². The molecule has 0 bridgehead atoms. The van der Waals surface area contributed by atoms with Crippen LogP contribution in [-0.2, 0) is 4.79 Å². The van der Waals surface area contributed by atoms with Gasteiger partial charge in [-0.3, -0.25) is 9.59 Å². The number of piperazine rings is 1. The van der Waals surface area contributed by atoms with E-state index in [2.05, 4.69) is 10.1 Å². The Morgan fingerprint density at radius 2 is 1.96 bits per heavy atom. The largest absolute Gasteiger partial charge is 0.573 e. The van der Waals surface area contributed by atoms with Gasteiger partial charge < -0.3 is 15.0 Å². The van der Waals surface area contributed by atoms with E-state index in [0.29, 0.717) is 23.5 Å². The zero-order valence-corrected chi connectivity index (χ0v) is 13.6. The minimum absolute atomic E-state index is 0.287. The van der Waals surface area contributed by atoms with Gasteiger partial charge in [0.25, 0.3) is 5.91 Å². The maximum Gasteiger partial charge on any atom is 0.573 e. The van der Waals surface area contributed by atoms with Gasteiger partial charge in [-0.05, 0) is 29.1 Å². The Morgan fingerprint density at radius 1 is 1.24 bits per heavy atom. The smallest absolute Gasteiger partial charge is 0.406 e. The van der Waals surface area contributed by atoms with Crippen LogP contribution in [0.5, 0.6) is 5.75 Å². The third kappa shape index (κ3) is 3.93. The first-order valence-corrected chi connectivity index (χ1v) is 8.21. The summed E-state index contributed by atoms with van der Waals surface area (Å²) in [5.74, 6) is -1.05. The molecule has 2 amide bonds. The molecule has 0 aliphatic carbocycles. The second-order valence-corrected chi connectivity index (χ2v) is 6.23. The van der Waals surface area contributed by atoms with Crippen molar-refractivity contribution in [3.05, 3.63) is 52.2 Å². The van der Waals surface area contributed by atoms with Crippen LogP contribution in [0.25, 0.3) is 0 Å². The number of carbonyl (C=O) groups is 2. The van der Waals surface area contributed by atoms with Crippen LogP contribution in [-0.4, -0.2) is 36.2 Å². The molecule has 0 radical (unpaired) electrons. The number of alkyl halides is 3. The Morgan fingerprint density at radius 3 is 2.56 bits per heavy atom. The Labute approximate surface area is 145 Å². The number of hydrogen-bond donors (Lipinski definition) is 1. The average molecular weight is 370 g/mol. The highest BCUT2D eigenvalue weighted by Gasteiger charge is 2.35. The summed E-state index contributed by atoms with van der Waals surface area (Å²) in [4.78, 5) is 26.8. The summed E-state index contributed by atoms with van der Waals surface area (Å²) in [6, 6.07) is 7.45. The molecule has 132 valence electrons. The second kappa shape index (κ2) is 6.75. The van der Waals surface area contributed by atoms with E-state index < -0.39 is 12.4 Å². The first-order valence-electron chi connectivity index (χ1n) is 7.33. The highest BCUT2D eigenvalue weighted by atomic mass is 32.1. The van der Waals surface area contributed by atoms with Crippen LogP contribution < -0.4 is 10.1 Å². The summed E-state index contributed by atoms with van der Waals surface area (Å²) in [6.45, 7) is 0.635.